The molecule has 0 unspecified atom stereocenters. The number of hydrogen-bond acceptors (Lipinski definition) is 6. The maximum Gasteiger partial charge on any atom is 0.272 e. The van der Waals surface area contributed by atoms with E-state index in [-0.39, 0.29) is 24.8 Å². The minimum absolute atomic E-state index is 0.0800. The minimum atomic E-state index is -0.574. The fourth-order valence-electron chi connectivity index (χ4n) is 4.47. The number of aromatic nitrogens is 6. The van der Waals surface area contributed by atoms with Crippen molar-refractivity contribution in [2.24, 2.45) is 0 Å². The van der Waals surface area contributed by atoms with E-state index in [9.17, 15) is 14.3 Å². The van der Waals surface area contributed by atoms with Crippen molar-refractivity contribution in [3.63, 3.8) is 0 Å². The van der Waals surface area contributed by atoms with Crippen molar-refractivity contribution >= 4 is 17.1 Å². The van der Waals surface area contributed by atoms with Gasteiger partial charge in [-0.15, -0.1) is 0 Å². The van der Waals surface area contributed by atoms with Crippen LogP contribution in [-0.4, -0.2) is 47.3 Å². The van der Waals surface area contributed by atoms with E-state index in [2.05, 4.69) is 30.4 Å². The topological polar surface area (TPSA) is 122 Å². The van der Waals surface area contributed by atoms with Crippen molar-refractivity contribution in [3.8, 4) is 11.1 Å². The molecule has 35 heavy (non-hydrogen) atoms. The summed E-state index contributed by atoms with van der Waals surface area (Å²) in [6.07, 6.45) is 9.24. The number of carbonyl (C=O) groups is 1. The molecule has 1 fully saturated rings. The lowest BCUT2D eigenvalue weighted by Crippen LogP contribution is -2.30. The van der Waals surface area contributed by atoms with Gasteiger partial charge >= 0.3 is 0 Å². The number of aromatic amines is 1. The van der Waals surface area contributed by atoms with Crippen LogP contribution >= 0.6 is 0 Å². The molecule has 5 rings (SSSR count). The number of imidazole rings is 1. The largest absolute Gasteiger partial charge is 0.394 e. The highest BCUT2D eigenvalue weighted by Crippen LogP contribution is 2.33. The highest BCUT2D eigenvalue weighted by atomic mass is 19.1. The third-order valence-corrected chi connectivity index (χ3v) is 6.60. The number of H-pyrrole nitrogens is 1. The number of hydrogen-bond donors (Lipinski definition) is 3. The molecule has 182 valence electrons. The maximum absolute atomic E-state index is 14.4. The number of aliphatic hydroxyl groups is 1. The smallest absolute Gasteiger partial charge is 0.272 e. The summed E-state index contributed by atoms with van der Waals surface area (Å²) in [6.45, 7) is 3.76. The molecular weight excluding hydrogens is 449 g/mol. The molecule has 0 bridgehead atoms. The standard InChI is InChI=1S/C25H28FN7O2/c1-25(2,13-34)33-12-18(11-30-33)17-7-15(8-19(26)9-17)10-27-24(35)21-20-23(29-14-28-21)32-22(31-20)16-5-3-4-6-16/h7-9,11-12,14,16,34H,3-6,10,13H2,1-2H3,(H,27,35)(H,28,29,31,32). The summed E-state index contributed by atoms with van der Waals surface area (Å²) in [4.78, 5) is 29.2. The van der Waals surface area contributed by atoms with Gasteiger partial charge in [0, 0.05) is 24.2 Å². The lowest BCUT2D eigenvalue weighted by atomic mass is 10.0. The molecule has 10 heteroatoms. The van der Waals surface area contributed by atoms with E-state index >= 15 is 0 Å². The van der Waals surface area contributed by atoms with Crippen LogP contribution in [-0.2, 0) is 12.1 Å². The van der Waals surface area contributed by atoms with Gasteiger partial charge in [0.05, 0.1) is 18.3 Å². The van der Waals surface area contributed by atoms with Gasteiger partial charge in [-0.1, -0.05) is 12.8 Å². The van der Waals surface area contributed by atoms with E-state index in [1.54, 1.807) is 23.1 Å². The Morgan fingerprint density at radius 3 is 2.80 bits per heavy atom. The van der Waals surface area contributed by atoms with Crippen LogP contribution in [0.3, 0.4) is 0 Å². The number of fused-ring (bicyclic) bond motifs is 1. The van der Waals surface area contributed by atoms with Gasteiger partial charge in [0.2, 0.25) is 0 Å². The zero-order valence-electron chi connectivity index (χ0n) is 19.8. The number of halogens is 1. The lowest BCUT2D eigenvalue weighted by Gasteiger charge is -2.22. The molecule has 0 aliphatic heterocycles. The Labute approximate surface area is 201 Å². The number of benzene rings is 1. The Bertz CT molecular complexity index is 1370. The Kier molecular flexibility index (Phi) is 6.06. The normalized spacial score (nSPS) is 14.6. The first-order chi connectivity index (χ1) is 16.8. The highest BCUT2D eigenvalue weighted by molar-refractivity contribution is 6.02. The second-order valence-electron chi connectivity index (χ2n) is 9.70. The number of amides is 1. The van der Waals surface area contributed by atoms with Crippen LogP contribution in [0.2, 0.25) is 0 Å². The Morgan fingerprint density at radius 2 is 2.03 bits per heavy atom. The summed E-state index contributed by atoms with van der Waals surface area (Å²) in [5.74, 6) is 0.410. The SMILES string of the molecule is CC(C)(CO)n1cc(-c2cc(F)cc(CNC(=O)c3ncnc4nc(C5CCCC5)[nH]c34)c2)cn1. The van der Waals surface area contributed by atoms with Gasteiger partial charge in [-0.05, 0) is 56.0 Å². The lowest BCUT2D eigenvalue weighted by molar-refractivity contribution is 0.0947. The number of nitrogens with zero attached hydrogens (tertiary/aromatic N) is 5. The monoisotopic (exact) mass is 477 g/mol. The zero-order chi connectivity index (χ0) is 24.6. The van der Waals surface area contributed by atoms with Gasteiger partial charge in [-0.25, -0.2) is 19.3 Å². The molecule has 1 amide bonds. The van der Waals surface area contributed by atoms with Crippen molar-refractivity contribution in [3.05, 3.63) is 59.8 Å². The number of aliphatic hydroxyl groups excluding tert-OH is 1. The molecular formula is C25H28FN7O2. The van der Waals surface area contributed by atoms with Gasteiger partial charge < -0.3 is 15.4 Å². The first kappa shape index (κ1) is 23.1. The fourth-order valence-corrected chi connectivity index (χ4v) is 4.47. The number of carbonyl (C=O) groups excluding carboxylic acids is 1. The summed E-state index contributed by atoms with van der Waals surface area (Å²) in [7, 11) is 0. The molecule has 0 atom stereocenters. The van der Waals surface area contributed by atoms with E-state index in [1.807, 2.05) is 13.8 Å². The van der Waals surface area contributed by atoms with Crippen molar-refractivity contribution in [1.82, 2.24) is 35.0 Å². The maximum atomic E-state index is 14.4. The molecule has 1 saturated carbocycles. The summed E-state index contributed by atoms with van der Waals surface area (Å²) < 4.78 is 16.1. The summed E-state index contributed by atoms with van der Waals surface area (Å²) >= 11 is 0. The molecule has 3 aromatic heterocycles. The number of nitrogens with one attached hydrogen (secondary N) is 2. The quantitative estimate of drug-likeness (QED) is 0.373. The molecule has 1 aromatic carbocycles. The van der Waals surface area contributed by atoms with Gasteiger partial charge in [0.25, 0.3) is 5.91 Å². The predicted molar refractivity (Wildman–Crippen MR) is 128 cm³/mol. The van der Waals surface area contributed by atoms with Crippen LogP contribution in [0.15, 0.2) is 36.9 Å². The van der Waals surface area contributed by atoms with E-state index < -0.39 is 11.4 Å². The summed E-state index contributed by atoms with van der Waals surface area (Å²) in [5.41, 5.74) is 2.59. The van der Waals surface area contributed by atoms with Crippen LogP contribution < -0.4 is 5.32 Å². The first-order valence-electron chi connectivity index (χ1n) is 11.8. The first-order valence-corrected chi connectivity index (χ1v) is 11.8. The van der Waals surface area contributed by atoms with Crippen molar-refractivity contribution in [2.75, 3.05) is 6.61 Å². The van der Waals surface area contributed by atoms with E-state index in [0.717, 1.165) is 18.7 Å². The van der Waals surface area contributed by atoms with Gasteiger partial charge in [0.15, 0.2) is 11.3 Å². The third-order valence-electron chi connectivity index (χ3n) is 6.60. The average molecular weight is 478 g/mol. The molecule has 1 aliphatic rings. The zero-order valence-corrected chi connectivity index (χ0v) is 19.8. The van der Waals surface area contributed by atoms with Crippen molar-refractivity contribution in [1.29, 1.82) is 0 Å². The van der Waals surface area contributed by atoms with Gasteiger partial charge in [-0.3, -0.25) is 9.48 Å². The van der Waals surface area contributed by atoms with E-state index in [0.29, 0.717) is 33.8 Å². The van der Waals surface area contributed by atoms with Crippen LogP contribution in [0.5, 0.6) is 0 Å². The molecule has 3 heterocycles. The van der Waals surface area contributed by atoms with Crippen LogP contribution in [0.25, 0.3) is 22.3 Å². The van der Waals surface area contributed by atoms with Crippen molar-refractivity contribution < 1.29 is 14.3 Å². The minimum Gasteiger partial charge on any atom is -0.394 e. The fraction of sp³-hybridized carbons (Fsp3) is 0.400. The van der Waals surface area contributed by atoms with E-state index in [4.69, 9.17) is 0 Å². The predicted octanol–water partition coefficient (Wildman–Crippen LogP) is 3.67. The highest BCUT2D eigenvalue weighted by Gasteiger charge is 2.23. The Balaban J connectivity index is 1.34. The second-order valence-corrected chi connectivity index (χ2v) is 9.70. The van der Waals surface area contributed by atoms with Crippen LogP contribution in [0.1, 0.15) is 67.3 Å². The molecule has 4 aromatic rings. The molecule has 1 aliphatic carbocycles. The van der Waals surface area contributed by atoms with Crippen molar-refractivity contribution in [2.45, 2.75) is 57.5 Å². The third kappa shape index (κ3) is 4.66. The molecule has 0 saturated heterocycles. The molecule has 9 nitrogen and oxygen atoms in total. The molecule has 0 spiro atoms. The summed E-state index contributed by atoms with van der Waals surface area (Å²) in [5, 5.41) is 16.7. The van der Waals surface area contributed by atoms with Crippen LogP contribution in [0.4, 0.5) is 4.39 Å². The van der Waals surface area contributed by atoms with E-state index in [1.165, 1.54) is 31.3 Å². The number of rotatable bonds is 7. The Morgan fingerprint density at radius 1 is 1.23 bits per heavy atom. The summed E-state index contributed by atoms with van der Waals surface area (Å²) in [6, 6.07) is 4.61. The van der Waals surface area contributed by atoms with Gasteiger partial charge in [0.1, 0.15) is 23.5 Å². The van der Waals surface area contributed by atoms with Gasteiger partial charge in [-0.2, -0.15) is 5.10 Å². The Hall–Kier alpha value is -3.66. The average Bonchev–Trinajstić information content (AvgIpc) is 3.61. The second kappa shape index (κ2) is 9.18. The molecule has 3 N–H and O–H groups in total. The van der Waals surface area contributed by atoms with Crippen LogP contribution in [0, 0.1) is 5.82 Å². The molecule has 0 radical (unpaired) electrons.